The minimum Gasteiger partial charge on any atom is -0.272 e. The van der Waals surface area contributed by atoms with E-state index in [1.54, 1.807) is 22.1 Å². The first kappa shape index (κ1) is 16.3. The molecule has 126 valence electrons. The second-order valence-electron chi connectivity index (χ2n) is 5.33. The van der Waals surface area contributed by atoms with E-state index < -0.39 is 0 Å². The van der Waals surface area contributed by atoms with Gasteiger partial charge < -0.3 is 0 Å². The minimum absolute atomic E-state index is 0.0578. The van der Waals surface area contributed by atoms with Crippen molar-refractivity contribution in [2.45, 2.75) is 5.37 Å². The van der Waals surface area contributed by atoms with Crippen molar-refractivity contribution in [3.63, 3.8) is 0 Å². The number of nitrogens with zero attached hydrogens (tertiary/aromatic N) is 4. The predicted octanol–water partition coefficient (Wildman–Crippen LogP) is 3.57. The van der Waals surface area contributed by atoms with Crippen LogP contribution in [0.4, 0.5) is 0 Å². The molecule has 1 saturated heterocycles. The van der Waals surface area contributed by atoms with Gasteiger partial charge in [0.15, 0.2) is 5.82 Å². The van der Waals surface area contributed by atoms with Crippen molar-refractivity contribution >= 4 is 41.5 Å². The molecule has 0 spiro atoms. The molecule has 1 atom stereocenters. The third kappa shape index (κ3) is 2.86. The second kappa shape index (κ2) is 6.62. The number of amides is 1. The van der Waals surface area contributed by atoms with Gasteiger partial charge in [0.1, 0.15) is 5.37 Å². The van der Waals surface area contributed by atoms with Crippen molar-refractivity contribution in [1.29, 1.82) is 0 Å². The summed E-state index contributed by atoms with van der Waals surface area (Å²) in [6.45, 7) is 0. The van der Waals surface area contributed by atoms with Gasteiger partial charge in [-0.3, -0.25) is 9.78 Å². The topological polar surface area (TPSA) is 66.8 Å². The molecule has 3 aromatic rings. The van der Waals surface area contributed by atoms with Gasteiger partial charge in [-0.15, -0.1) is 11.8 Å². The van der Waals surface area contributed by atoms with Crippen LogP contribution in [0.15, 0.2) is 48.8 Å². The Morgan fingerprint density at radius 3 is 2.88 bits per heavy atom. The molecule has 6 nitrogen and oxygen atoms in total. The van der Waals surface area contributed by atoms with Crippen LogP contribution in [-0.4, -0.2) is 31.5 Å². The molecule has 1 aliphatic heterocycles. The van der Waals surface area contributed by atoms with Crippen LogP contribution in [0.1, 0.15) is 10.9 Å². The standard InChI is InChI=1S/C16H12ClN5OS2/c17-12-6-2-1-5-11(12)15-21(13(23)9-25-15)22-14(19-20-16(22)24)10-4-3-7-18-8-10/h1-8,15H,9H2,(H,20,24). The summed E-state index contributed by atoms with van der Waals surface area (Å²) >= 11 is 13.2. The molecule has 1 amide bonds. The Bertz CT molecular complexity index is 987. The number of hydrogen-bond donors (Lipinski definition) is 1. The van der Waals surface area contributed by atoms with Crippen LogP contribution in [0.2, 0.25) is 5.02 Å². The zero-order chi connectivity index (χ0) is 17.4. The van der Waals surface area contributed by atoms with E-state index in [1.807, 2.05) is 36.4 Å². The number of carbonyl (C=O) groups is 1. The second-order valence-corrected chi connectivity index (χ2v) is 7.19. The van der Waals surface area contributed by atoms with Crippen molar-refractivity contribution < 1.29 is 4.79 Å². The van der Waals surface area contributed by atoms with Crippen LogP contribution in [0.25, 0.3) is 11.4 Å². The van der Waals surface area contributed by atoms with Crippen molar-refractivity contribution in [2.75, 3.05) is 10.8 Å². The highest BCUT2D eigenvalue weighted by atomic mass is 35.5. The summed E-state index contributed by atoms with van der Waals surface area (Å²) in [6, 6.07) is 11.2. The third-order valence-electron chi connectivity index (χ3n) is 3.80. The lowest BCUT2D eigenvalue weighted by Crippen LogP contribution is -2.39. The van der Waals surface area contributed by atoms with E-state index in [9.17, 15) is 4.79 Å². The van der Waals surface area contributed by atoms with E-state index in [-0.39, 0.29) is 11.3 Å². The summed E-state index contributed by atoms with van der Waals surface area (Å²) in [5, 5.41) is 9.00. The van der Waals surface area contributed by atoms with Gasteiger partial charge in [0, 0.05) is 28.5 Å². The fourth-order valence-electron chi connectivity index (χ4n) is 2.70. The molecular weight excluding hydrogens is 378 g/mol. The highest BCUT2D eigenvalue weighted by Gasteiger charge is 2.37. The summed E-state index contributed by atoms with van der Waals surface area (Å²) in [6.07, 6.45) is 3.36. The Balaban J connectivity index is 1.86. The zero-order valence-corrected chi connectivity index (χ0v) is 15.2. The van der Waals surface area contributed by atoms with Crippen LogP contribution in [-0.2, 0) is 4.79 Å². The molecule has 0 bridgehead atoms. The first-order valence-corrected chi connectivity index (χ1v) is 9.26. The number of H-pyrrole nitrogens is 1. The SMILES string of the molecule is O=C1CSC(c2ccccc2Cl)N1n1c(-c2cccnc2)n[nH]c1=S. The maximum absolute atomic E-state index is 12.6. The Morgan fingerprint density at radius 1 is 1.28 bits per heavy atom. The first-order valence-electron chi connectivity index (χ1n) is 7.43. The Labute approximate surface area is 157 Å². The highest BCUT2D eigenvalue weighted by molar-refractivity contribution is 8.00. The van der Waals surface area contributed by atoms with Gasteiger partial charge in [-0.2, -0.15) is 5.10 Å². The fourth-order valence-corrected chi connectivity index (χ4v) is 4.40. The van der Waals surface area contributed by atoms with E-state index in [0.717, 1.165) is 11.1 Å². The predicted molar refractivity (Wildman–Crippen MR) is 101 cm³/mol. The third-order valence-corrected chi connectivity index (χ3v) is 5.59. The number of benzene rings is 1. The average molecular weight is 390 g/mol. The number of halogens is 1. The maximum atomic E-state index is 12.6. The van der Waals surface area contributed by atoms with Crippen molar-refractivity contribution in [3.05, 3.63) is 64.1 Å². The molecule has 2 aromatic heterocycles. The van der Waals surface area contributed by atoms with Crippen molar-refractivity contribution in [2.24, 2.45) is 0 Å². The van der Waals surface area contributed by atoms with Crippen LogP contribution in [0.3, 0.4) is 0 Å². The highest BCUT2D eigenvalue weighted by Crippen LogP contribution is 2.41. The van der Waals surface area contributed by atoms with Gasteiger partial charge in [-0.1, -0.05) is 29.8 Å². The Morgan fingerprint density at radius 2 is 2.12 bits per heavy atom. The van der Waals surface area contributed by atoms with Crippen molar-refractivity contribution in [1.82, 2.24) is 19.9 Å². The molecule has 0 saturated carbocycles. The van der Waals surface area contributed by atoms with Gasteiger partial charge in [0.2, 0.25) is 4.77 Å². The van der Waals surface area contributed by atoms with Crippen molar-refractivity contribution in [3.8, 4) is 11.4 Å². The molecule has 1 aromatic carbocycles. The molecule has 3 heterocycles. The van der Waals surface area contributed by atoms with Crippen LogP contribution < -0.4 is 5.01 Å². The number of pyridine rings is 1. The Hall–Kier alpha value is -2.16. The number of aromatic nitrogens is 4. The fraction of sp³-hybridized carbons (Fsp3) is 0.125. The average Bonchev–Trinajstić information content (AvgIpc) is 3.18. The lowest BCUT2D eigenvalue weighted by molar-refractivity contribution is -0.117. The van der Waals surface area contributed by atoms with Gasteiger partial charge in [-0.25, -0.2) is 14.8 Å². The lowest BCUT2D eigenvalue weighted by atomic mass is 10.2. The molecule has 4 rings (SSSR count). The number of nitrogens with one attached hydrogen (secondary N) is 1. The molecule has 1 aliphatic rings. The van der Waals surface area contributed by atoms with Gasteiger partial charge in [-0.05, 0) is 30.4 Å². The monoisotopic (exact) mass is 389 g/mol. The molecule has 25 heavy (non-hydrogen) atoms. The van der Waals surface area contributed by atoms with E-state index in [4.69, 9.17) is 23.8 Å². The smallest absolute Gasteiger partial charge is 0.252 e. The summed E-state index contributed by atoms with van der Waals surface area (Å²) < 4.78 is 1.97. The molecule has 1 unspecified atom stereocenters. The number of hydrogen-bond acceptors (Lipinski definition) is 5. The molecule has 1 N–H and O–H groups in total. The van der Waals surface area contributed by atoms with E-state index in [1.165, 1.54) is 11.8 Å². The number of aromatic amines is 1. The molecule has 1 fully saturated rings. The normalized spacial score (nSPS) is 17.2. The summed E-state index contributed by atoms with van der Waals surface area (Å²) in [7, 11) is 0. The number of carbonyl (C=O) groups excluding carboxylic acids is 1. The molecule has 9 heteroatoms. The van der Waals surface area contributed by atoms with E-state index in [0.29, 0.717) is 21.4 Å². The summed E-state index contributed by atoms with van der Waals surface area (Å²) in [5.41, 5.74) is 1.62. The largest absolute Gasteiger partial charge is 0.272 e. The number of rotatable bonds is 3. The Kier molecular flexibility index (Phi) is 4.32. The van der Waals surface area contributed by atoms with Gasteiger partial charge in [0.25, 0.3) is 5.91 Å². The minimum atomic E-state index is -0.277. The zero-order valence-electron chi connectivity index (χ0n) is 12.8. The van der Waals surface area contributed by atoms with Crippen LogP contribution in [0.5, 0.6) is 0 Å². The summed E-state index contributed by atoms with van der Waals surface area (Å²) in [5.74, 6) is 0.818. The first-order chi connectivity index (χ1) is 12.2. The molecule has 0 aliphatic carbocycles. The van der Waals surface area contributed by atoms with Crippen LogP contribution in [0, 0.1) is 4.77 Å². The van der Waals surface area contributed by atoms with Crippen LogP contribution >= 0.6 is 35.6 Å². The summed E-state index contributed by atoms with van der Waals surface area (Å²) in [4.78, 5) is 16.8. The number of thioether (sulfide) groups is 1. The van der Waals surface area contributed by atoms with Gasteiger partial charge >= 0.3 is 0 Å². The quantitative estimate of drug-likeness (QED) is 0.693. The molecule has 0 radical (unpaired) electrons. The van der Waals surface area contributed by atoms with Gasteiger partial charge in [0.05, 0.1) is 5.75 Å². The lowest BCUT2D eigenvalue weighted by Gasteiger charge is -2.26. The molecular formula is C16H12ClN5OS2. The van der Waals surface area contributed by atoms with E-state index >= 15 is 0 Å². The van der Waals surface area contributed by atoms with E-state index in [2.05, 4.69) is 15.2 Å². The maximum Gasteiger partial charge on any atom is 0.252 e.